The Morgan fingerprint density at radius 3 is 1.85 bits per heavy atom. The van der Waals surface area contributed by atoms with E-state index in [1.54, 1.807) is 7.05 Å². The first-order valence-corrected chi connectivity index (χ1v) is 6.77. The average molecular weight is 266 g/mol. The molecule has 1 atom stereocenters. The van der Waals surface area contributed by atoms with Crippen molar-refractivity contribution in [3.63, 3.8) is 0 Å². The van der Waals surface area contributed by atoms with Gasteiger partial charge in [-0.1, -0.05) is 60.7 Å². The second kappa shape index (κ2) is 4.46. The van der Waals surface area contributed by atoms with Crippen molar-refractivity contribution in [1.29, 1.82) is 0 Å². The largest absolute Gasteiger partial charge is 0.358 e. The van der Waals surface area contributed by atoms with E-state index in [9.17, 15) is 4.79 Å². The van der Waals surface area contributed by atoms with E-state index in [1.807, 2.05) is 60.7 Å². The van der Waals surface area contributed by atoms with Crippen LogP contribution in [0.1, 0.15) is 17.5 Å². The molecule has 0 heterocycles. The van der Waals surface area contributed by atoms with E-state index in [2.05, 4.69) is 5.32 Å². The molecule has 0 aliphatic heterocycles. The Kier molecular flexibility index (Phi) is 2.87. The summed E-state index contributed by atoms with van der Waals surface area (Å²) >= 11 is 0. The average Bonchev–Trinajstić information content (AvgIpc) is 3.17. The maximum atomic E-state index is 12.2. The molecule has 0 saturated heterocycles. The quantitative estimate of drug-likeness (QED) is 0.890. The van der Waals surface area contributed by atoms with Gasteiger partial charge in [0, 0.05) is 12.5 Å². The third-order valence-electron chi connectivity index (χ3n) is 4.35. The second-order valence-electron chi connectivity index (χ2n) is 5.36. The first-order chi connectivity index (χ1) is 9.65. The van der Waals surface area contributed by atoms with Crippen LogP contribution < -0.4 is 11.1 Å². The molecule has 0 radical (unpaired) electrons. The molecule has 1 aliphatic carbocycles. The monoisotopic (exact) mass is 266 g/mol. The minimum atomic E-state index is -0.871. The second-order valence-corrected chi connectivity index (χ2v) is 5.36. The number of hydrogen-bond acceptors (Lipinski definition) is 2. The number of benzene rings is 2. The van der Waals surface area contributed by atoms with Crippen LogP contribution in [-0.4, -0.2) is 18.5 Å². The van der Waals surface area contributed by atoms with E-state index in [-0.39, 0.29) is 5.91 Å². The van der Waals surface area contributed by atoms with Crippen LogP contribution in [-0.2, 0) is 10.2 Å². The standard InChI is InChI=1S/C17H18N2O/c1-19-15(20)17(18)12-16(17,13-8-4-2-5-9-13)14-10-6-3-7-11-14/h2-11H,12,18H2,1H3,(H,19,20). The van der Waals surface area contributed by atoms with Crippen molar-refractivity contribution in [3.8, 4) is 0 Å². The van der Waals surface area contributed by atoms with Gasteiger partial charge in [-0.3, -0.25) is 4.79 Å². The highest BCUT2D eigenvalue weighted by molar-refractivity contribution is 5.94. The lowest BCUT2D eigenvalue weighted by atomic mass is 9.83. The zero-order chi connectivity index (χ0) is 14.2. The fraction of sp³-hybridized carbons (Fsp3) is 0.235. The summed E-state index contributed by atoms with van der Waals surface area (Å²) in [6.45, 7) is 0. The predicted octanol–water partition coefficient (Wildman–Crippen LogP) is 1.82. The number of nitrogens with two attached hydrogens (primary N) is 1. The molecule has 0 aromatic heterocycles. The summed E-state index contributed by atoms with van der Waals surface area (Å²) in [5.74, 6) is -0.106. The Labute approximate surface area is 118 Å². The minimum absolute atomic E-state index is 0.106. The highest BCUT2D eigenvalue weighted by Crippen LogP contribution is 2.60. The van der Waals surface area contributed by atoms with E-state index in [4.69, 9.17) is 5.73 Å². The van der Waals surface area contributed by atoms with Gasteiger partial charge in [0.15, 0.2) is 0 Å². The van der Waals surface area contributed by atoms with Crippen LogP contribution in [0.4, 0.5) is 0 Å². The maximum Gasteiger partial charge on any atom is 0.241 e. The lowest BCUT2D eigenvalue weighted by Gasteiger charge is -2.23. The van der Waals surface area contributed by atoms with Gasteiger partial charge in [0.25, 0.3) is 0 Å². The van der Waals surface area contributed by atoms with E-state index < -0.39 is 11.0 Å². The van der Waals surface area contributed by atoms with E-state index in [0.29, 0.717) is 6.42 Å². The van der Waals surface area contributed by atoms with Gasteiger partial charge in [0.2, 0.25) is 5.91 Å². The van der Waals surface area contributed by atoms with Crippen LogP contribution >= 0.6 is 0 Å². The highest BCUT2D eigenvalue weighted by atomic mass is 16.2. The summed E-state index contributed by atoms with van der Waals surface area (Å²) in [6.07, 6.45) is 0.633. The Hall–Kier alpha value is -2.13. The molecular weight excluding hydrogens is 248 g/mol. The molecule has 20 heavy (non-hydrogen) atoms. The topological polar surface area (TPSA) is 55.1 Å². The number of carbonyl (C=O) groups excluding carboxylic acids is 1. The number of carbonyl (C=O) groups is 1. The molecular formula is C17H18N2O. The Morgan fingerprint density at radius 1 is 1.00 bits per heavy atom. The van der Waals surface area contributed by atoms with Crippen molar-refractivity contribution >= 4 is 5.91 Å². The molecule has 0 spiro atoms. The smallest absolute Gasteiger partial charge is 0.241 e. The SMILES string of the molecule is CNC(=O)C1(N)CC1(c1ccccc1)c1ccccc1. The molecule has 1 amide bonds. The molecule has 0 bridgehead atoms. The first-order valence-electron chi connectivity index (χ1n) is 6.77. The zero-order valence-electron chi connectivity index (χ0n) is 11.5. The van der Waals surface area contributed by atoms with Gasteiger partial charge in [-0.15, -0.1) is 0 Å². The Bertz CT molecular complexity index is 584. The van der Waals surface area contributed by atoms with Crippen LogP contribution in [0, 0.1) is 0 Å². The van der Waals surface area contributed by atoms with Gasteiger partial charge in [-0.25, -0.2) is 0 Å². The number of likely N-dealkylation sites (N-methyl/N-ethyl adjacent to an activating group) is 1. The van der Waals surface area contributed by atoms with Crippen LogP contribution in [0.15, 0.2) is 60.7 Å². The van der Waals surface area contributed by atoms with Crippen molar-refractivity contribution in [2.75, 3.05) is 7.05 Å². The van der Waals surface area contributed by atoms with Gasteiger partial charge in [-0.2, -0.15) is 0 Å². The molecule has 2 aromatic carbocycles. The van der Waals surface area contributed by atoms with Gasteiger partial charge in [0.1, 0.15) is 5.54 Å². The molecule has 102 valence electrons. The Balaban J connectivity index is 2.15. The van der Waals surface area contributed by atoms with E-state index in [0.717, 1.165) is 11.1 Å². The molecule has 1 fully saturated rings. The third-order valence-corrected chi connectivity index (χ3v) is 4.35. The fourth-order valence-electron chi connectivity index (χ4n) is 3.20. The van der Waals surface area contributed by atoms with Crippen LogP contribution in [0.3, 0.4) is 0 Å². The maximum absolute atomic E-state index is 12.2. The summed E-state index contributed by atoms with van der Waals surface area (Å²) in [6, 6.07) is 20.1. The van der Waals surface area contributed by atoms with Crippen molar-refractivity contribution in [3.05, 3.63) is 71.8 Å². The first kappa shape index (κ1) is 12.9. The van der Waals surface area contributed by atoms with Gasteiger partial charge in [0.05, 0.1) is 0 Å². The number of amides is 1. The fourth-order valence-corrected chi connectivity index (χ4v) is 3.20. The number of rotatable bonds is 3. The molecule has 1 unspecified atom stereocenters. The summed E-state index contributed by atoms with van der Waals surface area (Å²) < 4.78 is 0. The predicted molar refractivity (Wildman–Crippen MR) is 79.3 cm³/mol. The van der Waals surface area contributed by atoms with Gasteiger partial charge >= 0.3 is 0 Å². The molecule has 3 nitrogen and oxygen atoms in total. The molecule has 3 N–H and O–H groups in total. The van der Waals surface area contributed by atoms with Crippen molar-refractivity contribution in [2.45, 2.75) is 17.4 Å². The highest BCUT2D eigenvalue weighted by Gasteiger charge is 2.71. The van der Waals surface area contributed by atoms with Crippen molar-refractivity contribution in [1.82, 2.24) is 5.32 Å². The summed E-state index contributed by atoms with van der Waals surface area (Å²) in [5, 5.41) is 2.70. The molecule has 2 aromatic rings. The van der Waals surface area contributed by atoms with Crippen LogP contribution in [0.5, 0.6) is 0 Å². The van der Waals surface area contributed by atoms with Crippen LogP contribution in [0.2, 0.25) is 0 Å². The Morgan fingerprint density at radius 2 is 1.45 bits per heavy atom. The number of nitrogens with one attached hydrogen (secondary N) is 1. The molecule has 1 aliphatic rings. The van der Waals surface area contributed by atoms with Gasteiger partial charge < -0.3 is 11.1 Å². The lowest BCUT2D eigenvalue weighted by Crippen LogP contribution is -2.47. The molecule has 1 saturated carbocycles. The minimum Gasteiger partial charge on any atom is -0.358 e. The summed E-state index contributed by atoms with van der Waals surface area (Å²) in [4.78, 5) is 12.2. The van der Waals surface area contributed by atoms with Crippen LogP contribution in [0.25, 0.3) is 0 Å². The van der Waals surface area contributed by atoms with Crippen molar-refractivity contribution < 1.29 is 4.79 Å². The molecule has 3 rings (SSSR count). The molecule has 3 heteroatoms. The van der Waals surface area contributed by atoms with E-state index in [1.165, 1.54) is 0 Å². The summed E-state index contributed by atoms with van der Waals surface area (Å²) in [5.41, 5.74) is 7.33. The summed E-state index contributed by atoms with van der Waals surface area (Å²) in [7, 11) is 1.63. The number of hydrogen-bond donors (Lipinski definition) is 2. The normalized spacial score (nSPS) is 23.1. The van der Waals surface area contributed by atoms with E-state index >= 15 is 0 Å². The lowest BCUT2D eigenvalue weighted by molar-refractivity contribution is -0.123. The van der Waals surface area contributed by atoms with Crippen molar-refractivity contribution in [2.24, 2.45) is 5.73 Å². The van der Waals surface area contributed by atoms with Gasteiger partial charge in [-0.05, 0) is 17.5 Å². The zero-order valence-corrected chi connectivity index (χ0v) is 11.5. The third kappa shape index (κ3) is 1.60.